The lowest BCUT2D eigenvalue weighted by molar-refractivity contribution is -0.311. The summed E-state index contributed by atoms with van der Waals surface area (Å²) in [4.78, 5) is 58.5. The molecule has 0 aliphatic carbocycles. The molecule has 0 aromatic heterocycles. The number of rotatable bonds is 0. The quantitative estimate of drug-likeness (QED) is 0.377. The van der Waals surface area contributed by atoms with Crippen LogP contribution >= 0.6 is 0 Å². The molecule has 2 rings (SSSR count). The summed E-state index contributed by atoms with van der Waals surface area (Å²) in [5.74, 6) is -3.59. The highest BCUT2D eigenvalue weighted by Crippen LogP contribution is 2.23. The first-order chi connectivity index (χ1) is 7.99. The highest BCUT2D eigenvalue weighted by Gasteiger charge is 2.49. The van der Waals surface area contributed by atoms with E-state index >= 15 is 0 Å². The van der Waals surface area contributed by atoms with Crippen molar-refractivity contribution < 1.29 is 48.6 Å². The molecular weight excluding hydrogens is 243 g/mol. The largest absolute Gasteiger partial charge is 0.754 e. The van der Waals surface area contributed by atoms with Crippen molar-refractivity contribution >= 4 is 25.2 Å². The van der Waals surface area contributed by atoms with Crippen molar-refractivity contribution in [3.05, 3.63) is 0 Å². The Bertz CT molecular complexity index is 344. The number of hydrogen-bond donors (Lipinski definition) is 1. The Morgan fingerprint density at radius 1 is 0.941 bits per heavy atom. The lowest BCUT2D eigenvalue weighted by Gasteiger charge is -2.20. The number of carbonyl (C=O) groups is 3. The van der Waals surface area contributed by atoms with Crippen LogP contribution in [0.2, 0.25) is 0 Å². The Labute approximate surface area is 93.2 Å². The fourth-order valence-corrected chi connectivity index (χ4v) is 1.14. The van der Waals surface area contributed by atoms with Crippen molar-refractivity contribution in [3.63, 3.8) is 0 Å². The first-order valence-electron chi connectivity index (χ1n) is 4.32. The predicted octanol–water partition coefficient (Wildman–Crippen LogP) is -2.07. The van der Waals surface area contributed by atoms with Crippen LogP contribution < -0.4 is 0 Å². The van der Waals surface area contributed by atoms with E-state index in [4.69, 9.17) is 0 Å². The summed E-state index contributed by atoms with van der Waals surface area (Å²) in [6, 6.07) is 0. The minimum absolute atomic E-state index is 0.864. The highest BCUT2D eigenvalue weighted by atomic mass is 17.3. The van der Waals surface area contributed by atoms with Crippen LogP contribution in [0.15, 0.2) is 0 Å². The lowest BCUT2D eigenvalue weighted by atomic mass is 9.96. The van der Waals surface area contributed by atoms with E-state index in [0.29, 0.717) is 0 Å². The lowest BCUT2D eigenvalue weighted by Crippen LogP contribution is -2.44. The van der Waals surface area contributed by atoms with Gasteiger partial charge >= 0.3 is 25.2 Å². The van der Waals surface area contributed by atoms with E-state index in [1.807, 2.05) is 0 Å². The van der Waals surface area contributed by atoms with Gasteiger partial charge in [-0.05, 0) is 0 Å². The highest BCUT2D eigenvalue weighted by molar-refractivity contribution is 6.35. The van der Waals surface area contributed by atoms with Gasteiger partial charge in [0, 0.05) is 0 Å². The van der Waals surface area contributed by atoms with E-state index in [-0.39, 0.29) is 0 Å². The summed E-state index contributed by atoms with van der Waals surface area (Å²) < 4.78 is 0. The molecule has 1 N–H and O–H groups in total. The summed E-state index contributed by atoms with van der Waals surface area (Å²) in [6.07, 6.45) is -1.73. The SMILES string of the molecule is O=C1CC2(O)CC(=O)OOB(OO1)OOC2=O. The summed E-state index contributed by atoms with van der Waals surface area (Å²) in [6.45, 7) is 0. The van der Waals surface area contributed by atoms with Crippen molar-refractivity contribution in [2.24, 2.45) is 0 Å². The van der Waals surface area contributed by atoms with Crippen molar-refractivity contribution in [1.82, 2.24) is 0 Å². The summed E-state index contributed by atoms with van der Waals surface area (Å²) in [7, 11) is -1.90. The number of aliphatic hydroxyl groups is 1. The second-order valence-electron chi connectivity index (χ2n) is 3.24. The van der Waals surface area contributed by atoms with Crippen LogP contribution in [0.25, 0.3) is 0 Å². The average Bonchev–Trinajstić information content (AvgIpc) is 2.33. The molecule has 10 nitrogen and oxygen atoms in total. The van der Waals surface area contributed by atoms with Gasteiger partial charge in [-0.15, -0.1) is 0 Å². The van der Waals surface area contributed by atoms with Crippen LogP contribution in [0.5, 0.6) is 0 Å². The fourth-order valence-electron chi connectivity index (χ4n) is 1.14. The van der Waals surface area contributed by atoms with Crippen molar-refractivity contribution in [1.29, 1.82) is 0 Å². The fraction of sp³-hybridized carbons (Fsp3) is 0.500. The van der Waals surface area contributed by atoms with E-state index in [9.17, 15) is 19.5 Å². The maximum absolute atomic E-state index is 11.4. The molecule has 0 aromatic carbocycles. The Morgan fingerprint density at radius 2 is 1.41 bits per heavy atom. The standard InChI is InChI=1S/C6H5BO10/c8-3-1-6(11)2-4(9)13-16-7(15-12-3)17-14-5(6)10/h11H,1-2H2. The maximum atomic E-state index is 11.4. The maximum Gasteiger partial charge on any atom is 0.754 e. The van der Waals surface area contributed by atoms with Crippen LogP contribution in [-0.2, 0) is 43.5 Å². The molecule has 2 aliphatic rings. The number of fused-ring (bicyclic) bond motifs is 4. The molecule has 11 heteroatoms. The third-order valence-electron chi connectivity index (χ3n) is 1.90. The zero-order valence-electron chi connectivity index (χ0n) is 8.11. The first-order valence-corrected chi connectivity index (χ1v) is 4.32. The molecule has 0 unspecified atom stereocenters. The Morgan fingerprint density at radius 3 is 1.94 bits per heavy atom. The Kier molecular flexibility index (Phi) is 2.98. The van der Waals surface area contributed by atoms with Crippen LogP contribution in [-0.4, -0.2) is 35.9 Å². The molecule has 0 radical (unpaired) electrons. The zero-order chi connectivity index (χ0) is 12.5. The van der Waals surface area contributed by atoms with Gasteiger partial charge in [0.1, 0.15) is 0 Å². The normalized spacial score (nSPS) is 24.5. The van der Waals surface area contributed by atoms with Gasteiger partial charge in [0.25, 0.3) is 0 Å². The molecule has 2 saturated heterocycles. The van der Waals surface area contributed by atoms with E-state index in [1.165, 1.54) is 0 Å². The van der Waals surface area contributed by atoms with E-state index in [0.717, 1.165) is 0 Å². The minimum Gasteiger partial charge on any atom is -0.377 e. The average molecular weight is 248 g/mol. The topological polar surface area (TPSA) is 127 Å². The zero-order valence-corrected chi connectivity index (χ0v) is 8.11. The van der Waals surface area contributed by atoms with Crippen molar-refractivity contribution in [2.75, 3.05) is 0 Å². The summed E-state index contributed by atoms with van der Waals surface area (Å²) in [5.41, 5.74) is -2.47. The molecular formula is C6H5BO10. The molecule has 0 amide bonds. The summed E-state index contributed by atoms with van der Waals surface area (Å²) >= 11 is 0. The molecule has 2 heterocycles. The molecule has 2 fully saturated rings. The molecule has 92 valence electrons. The molecule has 2 aliphatic heterocycles. The van der Waals surface area contributed by atoms with Crippen molar-refractivity contribution in [2.45, 2.75) is 18.4 Å². The second-order valence-corrected chi connectivity index (χ2v) is 3.24. The van der Waals surface area contributed by atoms with Crippen LogP contribution in [0, 0.1) is 0 Å². The van der Waals surface area contributed by atoms with Gasteiger partial charge in [0.05, 0.1) is 12.8 Å². The number of hydrogen-bond acceptors (Lipinski definition) is 10. The van der Waals surface area contributed by atoms with Gasteiger partial charge in [-0.25, -0.2) is 14.4 Å². The van der Waals surface area contributed by atoms with Gasteiger partial charge in [0.2, 0.25) is 0 Å². The minimum atomic E-state index is -2.47. The van der Waals surface area contributed by atoms with Gasteiger partial charge in [-0.1, -0.05) is 0 Å². The van der Waals surface area contributed by atoms with Crippen LogP contribution in [0.4, 0.5) is 0 Å². The Hall–Kier alpha value is -1.69. The molecule has 0 saturated carbocycles. The first kappa shape index (κ1) is 11.8. The third kappa shape index (κ3) is 2.53. The summed E-state index contributed by atoms with van der Waals surface area (Å²) in [5, 5.41) is 9.79. The van der Waals surface area contributed by atoms with Gasteiger partial charge in [-0.3, -0.25) is 0 Å². The van der Waals surface area contributed by atoms with Crippen molar-refractivity contribution in [3.8, 4) is 0 Å². The predicted molar refractivity (Wildman–Crippen MR) is 41.5 cm³/mol. The van der Waals surface area contributed by atoms with Crippen LogP contribution in [0.3, 0.4) is 0 Å². The third-order valence-corrected chi connectivity index (χ3v) is 1.90. The smallest absolute Gasteiger partial charge is 0.377 e. The molecule has 0 spiro atoms. The van der Waals surface area contributed by atoms with Gasteiger partial charge < -0.3 is 19.8 Å². The number of carbonyl (C=O) groups excluding carboxylic acids is 3. The monoisotopic (exact) mass is 248 g/mol. The van der Waals surface area contributed by atoms with E-state index in [1.54, 1.807) is 0 Å². The van der Waals surface area contributed by atoms with Crippen LogP contribution in [0.1, 0.15) is 12.8 Å². The molecule has 2 bridgehead atoms. The van der Waals surface area contributed by atoms with E-state index in [2.05, 4.69) is 29.1 Å². The molecule has 17 heavy (non-hydrogen) atoms. The molecule has 0 aromatic rings. The van der Waals surface area contributed by atoms with Gasteiger partial charge in [0.15, 0.2) is 5.60 Å². The molecule has 0 atom stereocenters. The second kappa shape index (κ2) is 4.29. The Balaban J connectivity index is 2.33. The van der Waals surface area contributed by atoms with Gasteiger partial charge in [-0.2, -0.15) is 14.4 Å². The van der Waals surface area contributed by atoms with E-state index < -0.39 is 43.7 Å².